The lowest BCUT2D eigenvalue weighted by Gasteiger charge is -2.09. The van der Waals surface area contributed by atoms with Crippen molar-refractivity contribution in [1.82, 2.24) is 10.6 Å². The highest BCUT2D eigenvalue weighted by Gasteiger charge is 2.15. The van der Waals surface area contributed by atoms with Gasteiger partial charge in [-0.25, -0.2) is 9.59 Å². The van der Waals surface area contributed by atoms with E-state index in [-0.39, 0.29) is 17.1 Å². The van der Waals surface area contributed by atoms with Crippen LogP contribution < -0.4 is 10.6 Å². The van der Waals surface area contributed by atoms with Crippen molar-refractivity contribution >= 4 is 35.5 Å². The molecule has 0 saturated carbocycles. The number of ether oxygens (including phenoxy) is 1. The van der Waals surface area contributed by atoms with Crippen LogP contribution in [0.2, 0.25) is 0 Å². The lowest BCUT2D eigenvalue weighted by atomic mass is 10.2. The fourth-order valence-electron chi connectivity index (χ4n) is 1.52. The third-order valence-corrected chi connectivity index (χ3v) is 3.68. The van der Waals surface area contributed by atoms with Crippen molar-refractivity contribution in [2.75, 3.05) is 18.9 Å². The molecule has 1 aromatic carbocycles. The van der Waals surface area contributed by atoms with E-state index >= 15 is 0 Å². The number of imide groups is 1. The van der Waals surface area contributed by atoms with Crippen LogP contribution in [0.3, 0.4) is 0 Å². The summed E-state index contributed by atoms with van der Waals surface area (Å²) in [6.45, 7) is 2.97. The van der Waals surface area contributed by atoms with Crippen LogP contribution >= 0.6 is 11.8 Å². The Kier molecular flexibility index (Phi) is 7.82. The Morgan fingerprint density at radius 3 is 2.52 bits per heavy atom. The quantitative estimate of drug-likeness (QED) is 0.575. The second kappa shape index (κ2) is 9.62. The molecule has 124 valence electrons. The van der Waals surface area contributed by atoms with Gasteiger partial charge in [0.15, 0.2) is 6.61 Å². The SMILES string of the molecule is CCNC(=O)NC(=O)COC(=O)c1ccccc1SCC(C)=O. The number of ketones is 1. The van der Waals surface area contributed by atoms with Crippen molar-refractivity contribution in [3.63, 3.8) is 0 Å². The number of rotatable bonds is 7. The number of esters is 1. The summed E-state index contributed by atoms with van der Waals surface area (Å²) >= 11 is 1.22. The predicted octanol–water partition coefficient (Wildman–Crippen LogP) is 1.37. The van der Waals surface area contributed by atoms with Gasteiger partial charge in [0.2, 0.25) is 0 Å². The molecule has 0 saturated heterocycles. The summed E-state index contributed by atoms with van der Waals surface area (Å²) in [7, 11) is 0. The first-order chi connectivity index (χ1) is 10.9. The molecule has 0 fully saturated rings. The van der Waals surface area contributed by atoms with Gasteiger partial charge in [-0.15, -0.1) is 11.8 Å². The molecule has 0 aliphatic heterocycles. The number of hydrogen-bond donors (Lipinski definition) is 2. The Bertz CT molecular complexity index is 603. The first kappa shape index (κ1) is 18.7. The van der Waals surface area contributed by atoms with Gasteiger partial charge in [-0.1, -0.05) is 12.1 Å². The maximum atomic E-state index is 12.0. The number of benzene rings is 1. The molecule has 0 spiro atoms. The Balaban J connectivity index is 2.59. The maximum absolute atomic E-state index is 12.0. The number of nitrogens with one attached hydrogen (secondary N) is 2. The van der Waals surface area contributed by atoms with E-state index in [1.54, 1.807) is 31.2 Å². The molecule has 0 bridgehead atoms. The molecule has 0 atom stereocenters. The van der Waals surface area contributed by atoms with E-state index in [0.29, 0.717) is 11.4 Å². The second-order valence-corrected chi connectivity index (χ2v) is 5.49. The average Bonchev–Trinajstić information content (AvgIpc) is 2.51. The summed E-state index contributed by atoms with van der Waals surface area (Å²) in [4.78, 5) is 46.3. The molecule has 2 N–H and O–H groups in total. The van der Waals surface area contributed by atoms with Crippen molar-refractivity contribution < 1.29 is 23.9 Å². The summed E-state index contributed by atoms with van der Waals surface area (Å²) < 4.78 is 4.89. The fraction of sp³-hybridized carbons (Fsp3) is 0.333. The first-order valence-electron chi connectivity index (χ1n) is 6.90. The van der Waals surface area contributed by atoms with Crippen molar-refractivity contribution in [3.05, 3.63) is 29.8 Å². The molecule has 7 nitrogen and oxygen atoms in total. The van der Waals surface area contributed by atoms with E-state index in [4.69, 9.17) is 4.74 Å². The van der Waals surface area contributed by atoms with Gasteiger partial charge >= 0.3 is 12.0 Å². The van der Waals surface area contributed by atoms with Crippen LogP contribution in [0.5, 0.6) is 0 Å². The Labute approximate surface area is 138 Å². The molecule has 0 radical (unpaired) electrons. The van der Waals surface area contributed by atoms with Crippen molar-refractivity contribution in [1.29, 1.82) is 0 Å². The topological polar surface area (TPSA) is 102 Å². The zero-order valence-electron chi connectivity index (χ0n) is 12.9. The van der Waals surface area contributed by atoms with Gasteiger partial charge in [0.25, 0.3) is 5.91 Å². The van der Waals surface area contributed by atoms with Gasteiger partial charge in [0.05, 0.1) is 11.3 Å². The number of urea groups is 1. The first-order valence-corrected chi connectivity index (χ1v) is 7.88. The van der Waals surface area contributed by atoms with Gasteiger partial charge in [-0.2, -0.15) is 0 Å². The van der Waals surface area contributed by atoms with E-state index in [2.05, 4.69) is 5.32 Å². The summed E-state index contributed by atoms with van der Waals surface area (Å²) in [6, 6.07) is 5.99. The standard InChI is InChI=1S/C15H18N2O5S/c1-3-16-15(21)17-13(19)8-22-14(20)11-6-4-5-7-12(11)23-9-10(2)18/h4-7H,3,8-9H2,1-2H3,(H2,16,17,19,21). The minimum absolute atomic E-state index is 0.0144. The van der Waals surface area contributed by atoms with Crippen LogP contribution in [0, 0.1) is 0 Å². The number of hydrogen-bond acceptors (Lipinski definition) is 6. The molecular weight excluding hydrogens is 320 g/mol. The average molecular weight is 338 g/mol. The molecule has 0 aliphatic carbocycles. The van der Waals surface area contributed by atoms with Crippen molar-refractivity contribution in [3.8, 4) is 0 Å². The molecule has 8 heteroatoms. The van der Waals surface area contributed by atoms with Crippen LogP contribution in [-0.4, -0.2) is 42.6 Å². The molecule has 0 aliphatic rings. The van der Waals surface area contributed by atoms with E-state index < -0.39 is 24.5 Å². The van der Waals surface area contributed by atoms with E-state index in [1.807, 2.05) is 5.32 Å². The third kappa shape index (κ3) is 6.96. The summed E-state index contributed by atoms with van der Waals surface area (Å²) in [5.74, 6) is -1.19. The number of carbonyl (C=O) groups excluding carboxylic acids is 4. The Morgan fingerprint density at radius 2 is 1.87 bits per heavy atom. The summed E-state index contributed by atoms with van der Waals surface area (Å²) in [6.07, 6.45) is 0. The fourth-order valence-corrected chi connectivity index (χ4v) is 2.36. The van der Waals surface area contributed by atoms with Gasteiger partial charge in [-0.05, 0) is 26.0 Å². The van der Waals surface area contributed by atoms with Crippen LogP contribution in [0.4, 0.5) is 4.79 Å². The normalized spacial score (nSPS) is 9.83. The van der Waals surface area contributed by atoms with Gasteiger partial charge < -0.3 is 10.1 Å². The summed E-state index contributed by atoms with van der Waals surface area (Å²) in [5.41, 5.74) is 0.268. The van der Waals surface area contributed by atoms with Gasteiger partial charge in [0, 0.05) is 11.4 Å². The van der Waals surface area contributed by atoms with Crippen LogP contribution in [0.25, 0.3) is 0 Å². The monoisotopic (exact) mass is 338 g/mol. The van der Waals surface area contributed by atoms with Gasteiger partial charge in [0.1, 0.15) is 5.78 Å². The van der Waals surface area contributed by atoms with Gasteiger partial charge in [-0.3, -0.25) is 14.9 Å². The highest BCUT2D eigenvalue weighted by molar-refractivity contribution is 8.00. The summed E-state index contributed by atoms with van der Waals surface area (Å²) in [5, 5.41) is 4.41. The number of carbonyl (C=O) groups is 4. The number of thioether (sulfide) groups is 1. The van der Waals surface area contributed by atoms with Crippen LogP contribution in [-0.2, 0) is 14.3 Å². The molecule has 0 heterocycles. The molecule has 3 amide bonds. The lowest BCUT2D eigenvalue weighted by Crippen LogP contribution is -2.41. The van der Waals surface area contributed by atoms with Crippen molar-refractivity contribution in [2.24, 2.45) is 0 Å². The highest BCUT2D eigenvalue weighted by Crippen LogP contribution is 2.23. The molecule has 0 aromatic heterocycles. The minimum Gasteiger partial charge on any atom is -0.452 e. The predicted molar refractivity (Wildman–Crippen MR) is 85.3 cm³/mol. The van der Waals surface area contributed by atoms with E-state index in [9.17, 15) is 19.2 Å². The Morgan fingerprint density at radius 1 is 1.17 bits per heavy atom. The van der Waals surface area contributed by atoms with Crippen LogP contribution in [0.1, 0.15) is 24.2 Å². The van der Waals surface area contributed by atoms with Crippen molar-refractivity contribution in [2.45, 2.75) is 18.7 Å². The molecule has 1 aromatic rings. The minimum atomic E-state index is -0.724. The lowest BCUT2D eigenvalue weighted by molar-refractivity contribution is -0.123. The highest BCUT2D eigenvalue weighted by atomic mass is 32.2. The van der Waals surface area contributed by atoms with E-state index in [0.717, 1.165) is 0 Å². The third-order valence-electron chi connectivity index (χ3n) is 2.46. The molecule has 23 heavy (non-hydrogen) atoms. The molecule has 1 rings (SSSR count). The van der Waals surface area contributed by atoms with E-state index in [1.165, 1.54) is 18.7 Å². The maximum Gasteiger partial charge on any atom is 0.339 e. The largest absolute Gasteiger partial charge is 0.452 e. The van der Waals surface area contributed by atoms with Crippen LogP contribution in [0.15, 0.2) is 29.2 Å². The number of amides is 3. The zero-order valence-corrected chi connectivity index (χ0v) is 13.7. The molecule has 0 unspecified atom stereocenters. The Hall–Kier alpha value is -2.35. The number of Topliss-reactive ketones (excluding diaryl/α,β-unsaturated/α-hetero) is 1. The smallest absolute Gasteiger partial charge is 0.339 e. The second-order valence-electron chi connectivity index (χ2n) is 4.47. The zero-order chi connectivity index (χ0) is 17.2. The molecular formula is C15H18N2O5S.